The molecule has 1 amide bonds. The molecule has 0 radical (unpaired) electrons. The molecule has 0 aliphatic carbocycles. The van der Waals surface area contributed by atoms with Gasteiger partial charge in [-0.15, -0.1) is 0 Å². The van der Waals surface area contributed by atoms with E-state index in [1.54, 1.807) is 0 Å². The van der Waals surface area contributed by atoms with Crippen molar-refractivity contribution in [2.75, 3.05) is 38.1 Å². The molecule has 1 aromatic carbocycles. The van der Waals surface area contributed by atoms with Gasteiger partial charge in [-0.1, -0.05) is 12.8 Å². The Morgan fingerprint density at radius 1 is 0.963 bits per heavy atom. The van der Waals surface area contributed by atoms with Gasteiger partial charge in [0.2, 0.25) is 5.91 Å². The molecule has 3 rings (SSSR count). The minimum Gasteiger partial charge on any atom is -0.494 e. The lowest BCUT2D eigenvalue weighted by molar-refractivity contribution is -0.124. The summed E-state index contributed by atoms with van der Waals surface area (Å²) in [6.45, 7) is 9.14. The molecule has 5 nitrogen and oxygen atoms in total. The fourth-order valence-electron chi connectivity index (χ4n) is 4.43. The van der Waals surface area contributed by atoms with Crippen LogP contribution in [-0.2, 0) is 4.79 Å². The highest BCUT2D eigenvalue weighted by Gasteiger charge is 2.35. The summed E-state index contributed by atoms with van der Waals surface area (Å²) in [6.07, 6.45) is 7.48. The van der Waals surface area contributed by atoms with Crippen LogP contribution in [0.4, 0.5) is 5.69 Å². The van der Waals surface area contributed by atoms with Gasteiger partial charge in [-0.05, 0) is 90.0 Å². The van der Waals surface area contributed by atoms with Crippen LogP contribution in [0.3, 0.4) is 0 Å². The Hall–Kier alpha value is -1.59. The molecule has 0 saturated carbocycles. The number of ether oxygens (including phenoxy) is 1. The first-order valence-electron chi connectivity index (χ1n) is 10.7. The molecule has 2 aliphatic heterocycles. The molecular weight excluding hydrogens is 338 g/mol. The molecule has 1 aromatic rings. The third kappa shape index (κ3) is 5.45. The number of hydrogen-bond donors (Lipinski definition) is 1. The molecule has 0 spiro atoms. The molecular formula is C22H35N3O2. The third-order valence-corrected chi connectivity index (χ3v) is 5.91. The van der Waals surface area contributed by atoms with Crippen molar-refractivity contribution in [1.82, 2.24) is 9.80 Å². The number of anilines is 1. The molecule has 0 unspecified atom stereocenters. The smallest absolute Gasteiger partial charge is 0.243 e. The maximum atomic E-state index is 13.3. The summed E-state index contributed by atoms with van der Waals surface area (Å²) < 4.78 is 5.50. The van der Waals surface area contributed by atoms with Crippen molar-refractivity contribution in [2.24, 2.45) is 0 Å². The Morgan fingerprint density at radius 3 is 2.07 bits per heavy atom. The van der Waals surface area contributed by atoms with Crippen LogP contribution >= 0.6 is 0 Å². The van der Waals surface area contributed by atoms with Gasteiger partial charge in [-0.3, -0.25) is 14.6 Å². The highest BCUT2D eigenvalue weighted by Crippen LogP contribution is 2.23. The van der Waals surface area contributed by atoms with E-state index in [1.165, 1.54) is 38.5 Å². The second kappa shape index (κ2) is 10.1. The minimum atomic E-state index is -0.0880. The highest BCUT2D eigenvalue weighted by atomic mass is 16.5. The van der Waals surface area contributed by atoms with Crippen LogP contribution in [0.5, 0.6) is 5.75 Å². The Balaban J connectivity index is 1.71. The van der Waals surface area contributed by atoms with Crippen molar-refractivity contribution in [3.63, 3.8) is 0 Å². The van der Waals surface area contributed by atoms with E-state index in [0.717, 1.165) is 37.6 Å². The largest absolute Gasteiger partial charge is 0.494 e. The lowest BCUT2D eigenvalue weighted by atomic mass is 9.99. The van der Waals surface area contributed by atoms with E-state index < -0.39 is 0 Å². The van der Waals surface area contributed by atoms with E-state index in [-0.39, 0.29) is 18.0 Å². The number of likely N-dealkylation sites (tertiary alicyclic amines) is 2. The Bertz CT molecular complexity index is 578. The highest BCUT2D eigenvalue weighted by molar-refractivity contribution is 5.95. The maximum absolute atomic E-state index is 13.3. The van der Waals surface area contributed by atoms with Crippen molar-refractivity contribution in [2.45, 2.75) is 64.5 Å². The SMILES string of the molecule is CCOc1ccc(NC(=O)[C@H]([C@H](C)N2CCCCC2)N2CCCCC2)cc1. The average molecular weight is 374 g/mol. The van der Waals surface area contributed by atoms with Crippen LogP contribution in [0.25, 0.3) is 0 Å². The first-order chi connectivity index (χ1) is 13.2. The second-order valence-corrected chi connectivity index (χ2v) is 7.83. The molecule has 2 saturated heterocycles. The minimum absolute atomic E-state index is 0.0880. The zero-order valence-corrected chi connectivity index (χ0v) is 17.0. The van der Waals surface area contributed by atoms with E-state index in [4.69, 9.17) is 4.74 Å². The van der Waals surface area contributed by atoms with Gasteiger partial charge >= 0.3 is 0 Å². The van der Waals surface area contributed by atoms with Crippen LogP contribution in [0.15, 0.2) is 24.3 Å². The van der Waals surface area contributed by atoms with Gasteiger partial charge in [0.25, 0.3) is 0 Å². The van der Waals surface area contributed by atoms with Gasteiger partial charge in [-0.25, -0.2) is 0 Å². The molecule has 150 valence electrons. The predicted octanol–water partition coefficient (Wildman–Crippen LogP) is 3.75. The van der Waals surface area contributed by atoms with E-state index >= 15 is 0 Å². The van der Waals surface area contributed by atoms with Crippen LogP contribution in [0.1, 0.15) is 52.4 Å². The maximum Gasteiger partial charge on any atom is 0.243 e. The summed E-state index contributed by atoms with van der Waals surface area (Å²) in [5.74, 6) is 0.962. The van der Waals surface area contributed by atoms with Crippen LogP contribution in [0, 0.1) is 0 Å². The summed E-state index contributed by atoms with van der Waals surface area (Å²) >= 11 is 0. The van der Waals surface area contributed by atoms with E-state index in [9.17, 15) is 4.79 Å². The number of carbonyl (C=O) groups excluding carboxylic acids is 1. The fourth-order valence-corrected chi connectivity index (χ4v) is 4.43. The number of amides is 1. The molecule has 5 heteroatoms. The Labute approximate surface area is 164 Å². The molecule has 2 fully saturated rings. The number of rotatable bonds is 7. The van der Waals surface area contributed by atoms with Crippen molar-refractivity contribution in [1.29, 1.82) is 0 Å². The molecule has 2 aliphatic rings. The second-order valence-electron chi connectivity index (χ2n) is 7.83. The molecule has 2 atom stereocenters. The van der Waals surface area contributed by atoms with Crippen molar-refractivity contribution < 1.29 is 9.53 Å². The van der Waals surface area contributed by atoms with Gasteiger partial charge in [0.05, 0.1) is 6.61 Å². The Kier molecular flexibility index (Phi) is 7.53. The summed E-state index contributed by atoms with van der Waals surface area (Å²) in [5.41, 5.74) is 0.844. The number of carbonyl (C=O) groups is 1. The molecule has 1 N–H and O–H groups in total. The first-order valence-corrected chi connectivity index (χ1v) is 10.7. The monoisotopic (exact) mass is 373 g/mol. The molecule has 0 aromatic heterocycles. The van der Waals surface area contributed by atoms with Crippen molar-refractivity contribution in [3.8, 4) is 5.75 Å². The van der Waals surface area contributed by atoms with Gasteiger partial charge < -0.3 is 10.1 Å². The summed E-state index contributed by atoms with van der Waals surface area (Å²) in [6, 6.07) is 7.86. The van der Waals surface area contributed by atoms with Crippen molar-refractivity contribution in [3.05, 3.63) is 24.3 Å². The lowest BCUT2D eigenvalue weighted by Crippen LogP contribution is -2.58. The lowest BCUT2D eigenvalue weighted by Gasteiger charge is -2.42. The number of hydrogen-bond acceptors (Lipinski definition) is 4. The number of nitrogens with zero attached hydrogens (tertiary/aromatic N) is 2. The zero-order valence-electron chi connectivity index (χ0n) is 17.0. The zero-order chi connectivity index (χ0) is 19.1. The van der Waals surface area contributed by atoms with Crippen LogP contribution in [0.2, 0.25) is 0 Å². The van der Waals surface area contributed by atoms with E-state index in [1.807, 2.05) is 31.2 Å². The quantitative estimate of drug-likeness (QED) is 0.791. The topological polar surface area (TPSA) is 44.8 Å². The number of benzene rings is 1. The molecule has 0 bridgehead atoms. The van der Waals surface area contributed by atoms with Crippen LogP contribution in [-0.4, -0.2) is 60.6 Å². The molecule has 2 heterocycles. The average Bonchev–Trinajstić information content (AvgIpc) is 2.71. The van der Waals surface area contributed by atoms with Crippen molar-refractivity contribution >= 4 is 11.6 Å². The normalized spacial score (nSPS) is 21.4. The van der Waals surface area contributed by atoms with Gasteiger partial charge in [-0.2, -0.15) is 0 Å². The van der Waals surface area contributed by atoms with E-state index in [2.05, 4.69) is 22.0 Å². The standard InChI is InChI=1S/C22H35N3O2/c1-3-27-20-12-10-19(11-13-20)23-22(26)21(25-16-8-5-9-17-25)18(2)24-14-6-4-7-15-24/h10-13,18,21H,3-9,14-17H2,1-2H3,(H,23,26)/t18-,21-/m0/s1. The summed E-state index contributed by atoms with van der Waals surface area (Å²) in [7, 11) is 0. The molecule has 27 heavy (non-hydrogen) atoms. The van der Waals surface area contributed by atoms with Gasteiger partial charge in [0, 0.05) is 11.7 Å². The Morgan fingerprint density at radius 2 is 1.52 bits per heavy atom. The predicted molar refractivity (Wildman–Crippen MR) is 110 cm³/mol. The third-order valence-electron chi connectivity index (χ3n) is 5.91. The number of piperidine rings is 2. The van der Waals surface area contributed by atoms with Gasteiger partial charge in [0.15, 0.2) is 0 Å². The van der Waals surface area contributed by atoms with Crippen LogP contribution < -0.4 is 10.1 Å². The summed E-state index contributed by atoms with van der Waals surface area (Å²) in [5, 5.41) is 3.17. The fraction of sp³-hybridized carbons (Fsp3) is 0.682. The summed E-state index contributed by atoms with van der Waals surface area (Å²) in [4.78, 5) is 18.2. The van der Waals surface area contributed by atoms with Gasteiger partial charge in [0.1, 0.15) is 11.8 Å². The number of nitrogens with one attached hydrogen (secondary N) is 1. The first kappa shape index (κ1) is 20.2. The van der Waals surface area contributed by atoms with E-state index in [0.29, 0.717) is 6.61 Å².